The molecule has 0 aromatic heterocycles. The van der Waals surface area contributed by atoms with Gasteiger partial charge in [-0.2, -0.15) is 0 Å². The molecule has 2 fully saturated rings. The van der Waals surface area contributed by atoms with Crippen LogP contribution in [0.25, 0.3) is 0 Å². The summed E-state index contributed by atoms with van der Waals surface area (Å²) < 4.78 is 10.2. The van der Waals surface area contributed by atoms with Gasteiger partial charge in [-0.1, -0.05) is 0 Å². The fraction of sp³-hybridized carbons (Fsp3) is 0.818. The number of cyclic esters (lactones) is 1. The smallest absolute Gasteiger partial charge is 0.410 e. The maximum Gasteiger partial charge on any atom is 0.410 e. The van der Waals surface area contributed by atoms with Crippen LogP contribution in [-0.4, -0.2) is 59.9 Å². The van der Waals surface area contributed by atoms with Crippen molar-refractivity contribution in [2.75, 3.05) is 26.2 Å². The van der Waals surface area contributed by atoms with E-state index >= 15 is 0 Å². The molecule has 0 aliphatic carbocycles. The van der Waals surface area contributed by atoms with E-state index in [0.717, 1.165) is 0 Å². The Morgan fingerprint density at radius 2 is 2.12 bits per heavy atom. The van der Waals surface area contributed by atoms with E-state index in [4.69, 9.17) is 9.47 Å². The number of piperazine rings is 1. The van der Waals surface area contributed by atoms with E-state index < -0.39 is 5.60 Å². The predicted octanol–water partition coefficient (Wildman–Crippen LogP) is 1.06. The Bertz CT molecular complexity index is 337. The fourth-order valence-corrected chi connectivity index (χ4v) is 1.98. The van der Waals surface area contributed by atoms with Gasteiger partial charge in [-0.15, -0.1) is 0 Å². The molecule has 0 spiro atoms. The largest absolute Gasteiger partial charge is 0.447 e. The van der Waals surface area contributed by atoms with Crippen molar-refractivity contribution < 1.29 is 19.1 Å². The molecule has 2 rings (SSSR count). The fourth-order valence-electron chi connectivity index (χ4n) is 1.98. The van der Waals surface area contributed by atoms with Gasteiger partial charge in [0.1, 0.15) is 12.2 Å². The monoisotopic (exact) mass is 242 g/mol. The van der Waals surface area contributed by atoms with Crippen LogP contribution in [0.3, 0.4) is 0 Å². The topological polar surface area (TPSA) is 59.1 Å². The average molecular weight is 242 g/mol. The lowest BCUT2D eigenvalue weighted by Crippen LogP contribution is -2.54. The van der Waals surface area contributed by atoms with Crippen LogP contribution in [0.15, 0.2) is 0 Å². The van der Waals surface area contributed by atoms with Gasteiger partial charge in [-0.25, -0.2) is 9.59 Å². The highest BCUT2D eigenvalue weighted by atomic mass is 16.6. The van der Waals surface area contributed by atoms with Gasteiger partial charge in [-0.3, -0.25) is 4.90 Å². The molecule has 2 aliphatic rings. The Labute approximate surface area is 100 Å². The van der Waals surface area contributed by atoms with Crippen molar-refractivity contribution in [1.82, 2.24) is 9.80 Å². The van der Waals surface area contributed by atoms with Crippen LogP contribution in [0.4, 0.5) is 9.59 Å². The van der Waals surface area contributed by atoms with Crippen molar-refractivity contribution in [3.05, 3.63) is 0 Å². The number of hydrogen-bond donors (Lipinski definition) is 0. The Morgan fingerprint density at radius 1 is 1.41 bits per heavy atom. The second kappa shape index (κ2) is 4.09. The molecule has 2 saturated heterocycles. The summed E-state index contributed by atoms with van der Waals surface area (Å²) in [5, 5.41) is 0. The zero-order valence-electron chi connectivity index (χ0n) is 10.4. The summed E-state index contributed by atoms with van der Waals surface area (Å²) in [4.78, 5) is 26.4. The molecule has 2 amide bonds. The second-order valence-corrected chi connectivity index (χ2v) is 5.35. The highest BCUT2D eigenvalue weighted by molar-refractivity contribution is 5.72. The molecule has 0 N–H and O–H groups in total. The molecule has 0 bridgehead atoms. The van der Waals surface area contributed by atoms with E-state index in [9.17, 15) is 9.59 Å². The quantitative estimate of drug-likeness (QED) is 0.637. The summed E-state index contributed by atoms with van der Waals surface area (Å²) in [6.07, 6.45) is -0.602. The Balaban J connectivity index is 1.93. The van der Waals surface area contributed by atoms with E-state index in [-0.39, 0.29) is 18.2 Å². The third-order valence-corrected chi connectivity index (χ3v) is 2.77. The van der Waals surface area contributed by atoms with Gasteiger partial charge in [0.2, 0.25) is 0 Å². The lowest BCUT2D eigenvalue weighted by Gasteiger charge is -2.36. The SMILES string of the molecule is CC(C)(C)OC(=O)N1CCN2C(=O)OCC2C1. The third kappa shape index (κ3) is 2.62. The van der Waals surface area contributed by atoms with Crippen LogP contribution < -0.4 is 0 Å². The minimum atomic E-state index is -0.490. The minimum absolute atomic E-state index is 0.0243. The van der Waals surface area contributed by atoms with Gasteiger partial charge in [0, 0.05) is 19.6 Å². The minimum Gasteiger partial charge on any atom is -0.447 e. The molecule has 6 heteroatoms. The van der Waals surface area contributed by atoms with Gasteiger partial charge >= 0.3 is 12.2 Å². The number of rotatable bonds is 0. The summed E-state index contributed by atoms with van der Waals surface area (Å²) in [5.41, 5.74) is -0.490. The van der Waals surface area contributed by atoms with E-state index in [0.29, 0.717) is 26.2 Å². The molecule has 2 heterocycles. The van der Waals surface area contributed by atoms with Crippen molar-refractivity contribution in [3.63, 3.8) is 0 Å². The standard InChI is InChI=1S/C11H18N2O4/c1-11(2,3)17-9(14)12-4-5-13-8(6-12)7-16-10(13)15/h8H,4-7H2,1-3H3. The van der Waals surface area contributed by atoms with Gasteiger partial charge in [0.25, 0.3) is 0 Å². The summed E-state index contributed by atoms with van der Waals surface area (Å²) in [6, 6.07) is -0.0243. The first-order valence-electron chi connectivity index (χ1n) is 5.78. The molecule has 2 aliphatic heterocycles. The van der Waals surface area contributed by atoms with E-state index in [1.54, 1.807) is 9.80 Å². The third-order valence-electron chi connectivity index (χ3n) is 2.77. The van der Waals surface area contributed by atoms with Gasteiger partial charge in [-0.05, 0) is 20.8 Å². The number of fused-ring (bicyclic) bond motifs is 1. The molecule has 1 unspecified atom stereocenters. The lowest BCUT2D eigenvalue weighted by atomic mass is 10.2. The van der Waals surface area contributed by atoms with Crippen molar-refractivity contribution >= 4 is 12.2 Å². The summed E-state index contributed by atoms with van der Waals surface area (Å²) in [7, 11) is 0. The Morgan fingerprint density at radius 3 is 2.76 bits per heavy atom. The predicted molar refractivity (Wildman–Crippen MR) is 59.6 cm³/mol. The zero-order chi connectivity index (χ0) is 12.6. The highest BCUT2D eigenvalue weighted by Crippen LogP contribution is 2.19. The molecule has 1 atom stereocenters. The first kappa shape index (κ1) is 12.0. The molecule has 0 aromatic rings. The number of carbonyl (C=O) groups excluding carboxylic acids is 2. The average Bonchev–Trinajstić information content (AvgIpc) is 2.57. The molecular weight excluding hydrogens is 224 g/mol. The Hall–Kier alpha value is -1.46. The molecule has 0 saturated carbocycles. The van der Waals surface area contributed by atoms with E-state index in [1.165, 1.54) is 0 Å². The molecule has 17 heavy (non-hydrogen) atoms. The maximum absolute atomic E-state index is 11.8. The van der Waals surface area contributed by atoms with Crippen LogP contribution >= 0.6 is 0 Å². The van der Waals surface area contributed by atoms with Crippen LogP contribution in [-0.2, 0) is 9.47 Å². The van der Waals surface area contributed by atoms with E-state index in [1.807, 2.05) is 20.8 Å². The van der Waals surface area contributed by atoms with Crippen molar-refractivity contribution in [2.24, 2.45) is 0 Å². The molecule has 6 nitrogen and oxygen atoms in total. The van der Waals surface area contributed by atoms with E-state index in [2.05, 4.69) is 0 Å². The molecule has 96 valence electrons. The molecular formula is C11H18N2O4. The zero-order valence-corrected chi connectivity index (χ0v) is 10.4. The van der Waals surface area contributed by atoms with Crippen molar-refractivity contribution in [1.29, 1.82) is 0 Å². The lowest BCUT2D eigenvalue weighted by molar-refractivity contribution is 0.0127. The van der Waals surface area contributed by atoms with Crippen LogP contribution in [0, 0.1) is 0 Å². The Kier molecular flexibility index (Phi) is 2.89. The molecule has 0 radical (unpaired) electrons. The number of amides is 2. The van der Waals surface area contributed by atoms with Crippen LogP contribution in [0.5, 0.6) is 0 Å². The molecule has 0 aromatic carbocycles. The highest BCUT2D eigenvalue weighted by Gasteiger charge is 2.39. The van der Waals surface area contributed by atoms with Crippen LogP contribution in [0.2, 0.25) is 0 Å². The van der Waals surface area contributed by atoms with Gasteiger partial charge in [0.05, 0.1) is 6.04 Å². The number of ether oxygens (including phenoxy) is 2. The van der Waals surface area contributed by atoms with Crippen LogP contribution in [0.1, 0.15) is 20.8 Å². The number of carbonyl (C=O) groups is 2. The van der Waals surface area contributed by atoms with Crippen molar-refractivity contribution in [3.8, 4) is 0 Å². The first-order valence-corrected chi connectivity index (χ1v) is 5.78. The second-order valence-electron chi connectivity index (χ2n) is 5.35. The van der Waals surface area contributed by atoms with Gasteiger partial charge < -0.3 is 14.4 Å². The number of nitrogens with zero attached hydrogens (tertiary/aromatic N) is 2. The normalized spacial score (nSPS) is 24.4. The number of hydrogen-bond acceptors (Lipinski definition) is 4. The summed E-state index contributed by atoms with van der Waals surface area (Å²) in [5.74, 6) is 0. The summed E-state index contributed by atoms with van der Waals surface area (Å²) >= 11 is 0. The van der Waals surface area contributed by atoms with Crippen molar-refractivity contribution in [2.45, 2.75) is 32.4 Å². The van der Waals surface area contributed by atoms with Gasteiger partial charge in [0.15, 0.2) is 0 Å². The summed E-state index contributed by atoms with van der Waals surface area (Å²) in [6.45, 7) is 7.37. The maximum atomic E-state index is 11.8. The first-order chi connectivity index (χ1) is 7.87.